The third-order valence-corrected chi connectivity index (χ3v) is 3.44. The smallest absolute Gasteiger partial charge is 0.0328 e. The van der Waals surface area contributed by atoms with Crippen LogP contribution in [0.25, 0.3) is 0 Å². The Morgan fingerprint density at radius 1 is 0.812 bits per heavy atom. The monoisotopic (exact) mass is 224 g/mol. The molecule has 0 heteroatoms. The van der Waals surface area contributed by atoms with Crippen molar-refractivity contribution in [3.05, 3.63) is 12.7 Å². The Morgan fingerprint density at radius 3 is 1.81 bits per heavy atom. The minimum atomic E-state index is 0.834. The van der Waals surface area contributed by atoms with E-state index in [0.29, 0.717) is 0 Å². The van der Waals surface area contributed by atoms with Gasteiger partial charge in [0.2, 0.25) is 0 Å². The van der Waals surface area contributed by atoms with Crippen LogP contribution in [0.3, 0.4) is 0 Å². The van der Waals surface area contributed by atoms with Crippen molar-refractivity contribution >= 4 is 0 Å². The van der Waals surface area contributed by atoms with Gasteiger partial charge in [-0.1, -0.05) is 72.3 Å². The molecule has 0 N–H and O–H groups in total. The normalized spacial score (nSPS) is 15.1. The Morgan fingerprint density at radius 2 is 1.31 bits per heavy atom. The zero-order chi connectivity index (χ0) is 12.4. The van der Waals surface area contributed by atoms with E-state index in [0.717, 1.165) is 17.8 Å². The van der Waals surface area contributed by atoms with Gasteiger partial charge in [0, 0.05) is 0 Å². The van der Waals surface area contributed by atoms with Crippen molar-refractivity contribution in [1.82, 2.24) is 0 Å². The van der Waals surface area contributed by atoms with E-state index < -0.39 is 0 Å². The molecule has 0 heterocycles. The predicted octanol–water partition coefficient (Wildman–Crippen LogP) is 5.83. The zero-order valence-corrected chi connectivity index (χ0v) is 12.0. The van der Waals surface area contributed by atoms with Crippen LogP contribution in [0.4, 0.5) is 0 Å². The van der Waals surface area contributed by atoms with Gasteiger partial charge < -0.3 is 0 Å². The number of rotatable bonds is 10. The Bertz CT molecular complexity index is 157. The standard InChI is InChI=1S/C16H32/c1-6-9-15(4)12-8-13-16(5)11-7-10-14(2)3/h6,14-16H,1,7-13H2,2-5H3. The second-order valence-electron chi connectivity index (χ2n) is 5.99. The fourth-order valence-electron chi connectivity index (χ4n) is 2.24. The molecule has 2 atom stereocenters. The maximum atomic E-state index is 3.80. The predicted molar refractivity (Wildman–Crippen MR) is 75.7 cm³/mol. The van der Waals surface area contributed by atoms with Crippen LogP contribution in [0.5, 0.6) is 0 Å². The second-order valence-corrected chi connectivity index (χ2v) is 5.99. The van der Waals surface area contributed by atoms with Gasteiger partial charge in [0.05, 0.1) is 0 Å². The minimum absolute atomic E-state index is 0.834. The zero-order valence-electron chi connectivity index (χ0n) is 12.0. The average Bonchev–Trinajstić information content (AvgIpc) is 2.17. The van der Waals surface area contributed by atoms with Crippen LogP contribution in [0.15, 0.2) is 12.7 Å². The molecular formula is C16H32. The third-order valence-electron chi connectivity index (χ3n) is 3.44. The highest BCUT2D eigenvalue weighted by molar-refractivity contribution is 4.70. The van der Waals surface area contributed by atoms with Gasteiger partial charge in [-0.3, -0.25) is 0 Å². The molecule has 0 radical (unpaired) electrons. The van der Waals surface area contributed by atoms with Crippen LogP contribution in [0, 0.1) is 17.8 Å². The molecule has 0 rings (SSSR count). The molecule has 0 aromatic rings. The van der Waals surface area contributed by atoms with E-state index >= 15 is 0 Å². The molecule has 0 aliphatic carbocycles. The van der Waals surface area contributed by atoms with Crippen LogP contribution >= 0.6 is 0 Å². The lowest BCUT2D eigenvalue weighted by atomic mass is 9.93. The lowest BCUT2D eigenvalue weighted by molar-refractivity contribution is 0.401. The van der Waals surface area contributed by atoms with Crippen LogP contribution < -0.4 is 0 Å². The first-order valence-corrected chi connectivity index (χ1v) is 7.17. The lowest BCUT2D eigenvalue weighted by Crippen LogP contribution is -1.99. The summed E-state index contributed by atoms with van der Waals surface area (Å²) in [7, 11) is 0. The summed E-state index contributed by atoms with van der Waals surface area (Å²) >= 11 is 0. The van der Waals surface area contributed by atoms with Gasteiger partial charge in [-0.2, -0.15) is 0 Å². The van der Waals surface area contributed by atoms with Crippen molar-refractivity contribution in [1.29, 1.82) is 0 Å². The molecular weight excluding hydrogens is 192 g/mol. The highest BCUT2D eigenvalue weighted by atomic mass is 14.1. The average molecular weight is 224 g/mol. The van der Waals surface area contributed by atoms with E-state index in [1.165, 1.54) is 44.9 Å². The molecule has 0 aliphatic heterocycles. The molecule has 0 aliphatic rings. The fraction of sp³-hybridized carbons (Fsp3) is 0.875. The van der Waals surface area contributed by atoms with Crippen molar-refractivity contribution < 1.29 is 0 Å². The van der Waals surface area contributed by atoms with Gasteiger partial charge in [0.1, 0.15) is 0 Å². The molecule has 0 saturated carbocycles. The summed E-state index contributed by atoms with van der Waals surface area (Å²) in [6.45, 7) is 13.2. The number of allylic oxidation sites excluding steroid dienone is 1. The summed E-state index contributed by atoms with van der Waals surface area (Å²) in [5.74, 6) is 2.63. The quantitative estimate of drug-likeness (QED) is 0.409. The summed E-state index contributed by atoms with van der Waals surface area (Å²) < 4.78 is 0. The molecule has 0 bridgehead atoms. The van der Waals surface area contributed by atoms with Crippen LogP contribution in [-0.4, -0.2) is 0 Å². The third kappa shape index (κ3) is 10.3. The van der Waals surface area contributed by atoms with Gasteiger partial charge in [-0.05, 0) is 24.2 Å². The molecule has 2 unspecified atom stereocenters. The first-order chi connectivity index (χ1) is 7.56. The second kappa shape index (κ2) is 9.93. The van der Waals surface area contributed by atoms with E-state index in [1.54, 1.807) is 0 Å². The van der Waals surface area contributed by atoms with E-state index in [9.17, 15) is 0 Å². The van der Waals surface area contributed by atoms with Crippen molar-refractivity contribution in [3.8, 4) is 0 Å². The van der Waals surface area contributed by atoms with Crippen LogP contribution in [-0.2, 0) is 0 Å². The molecule has 16 heavy (non-hydrogen) atoms. The van der Waals surface area contributed by atoms with Gasteiger partial charge >= 0.3 is 0 Å². The van der Waals surface area contributed by atoms with E-state index in [1.807, 2.05) is 0 Å². The van der Waals surface area contributed by atoms with Crippen LogP contribution in [0.2, 0.25) is 0 Å². The molecule has 0 aromatic carbocycles. The summed E-state index contributed by atoms with van der Waals surface area (Å²) in [6.07, 6.45) is 11.7. The van der Waals surface area contributed by atoms with Crippen LogP contribution in [0.1, 0.15) is 72.6 Å². The highest BCUT2D eigenvalue weighted by Gasteiger charge is 2.05. The van der Waals surface area contributed by atoms with Gasteiger partial charge in [-0.25, -0.2) is 0 Å². The van der Waals surface area contributed by atoms with Crippen molar-refractivity contribution in [2.75, 3.05) is 0 Å². The largest absolute Gasteiger partial charge is 0.103 e. The Hall–Kier alpha value is -0.260. The molecule has 0 nitrogen and oxygen atoms in total. The first kappa shape index (κ1) is 15.7. The Kier molecular flexibility index (Phi) is 9.77. The Labute approximate surface area is 104 Å². The topological polar surface area (TPSA) is 0 Å². The minimum Gasteiger partial charge on any atom is -0.103 e. The van der Waals surface area contributed by atoms with E-state index in [2.05, 4.69) is 40.3 Å². The summed E-state index contributed by atoms with van der Waals surface area (Å²) in [5, 5.41) is 0. The van der Waals surface area contributed by atoms with Crippen molar-refractivity contribution in [2.24, 2.45) is 17.8 Å². The van der Waals surface area contributed by atoms with Crippen molar-refractivity contribution in [3.63, 3.8) is 0 Å². The Balaban J connectivity index is 3.36. The molecule has 0 spiro atoms. The summed E-state index contributed by atoms with van der Waals surface area (Å²) in [6, 6.07) is 0. The molecule has 0 amide bonds. The molecule has 96 valence electrons. The van der Waals surface area contributed by atoms with Crippen molar-refractivity contribution in [2.45, 2.75) is 72.6 Å². The SMILES string of the molecule is C=CCC(C)CCCC(C)CCCC(C)C. The first-order valence-electron chi connectivity index (χ1n) is 7.17. The molecule has 0 saturated heterocycles. The number of hydrogen-bond donors (Lipinski definition) is 0. The lowest BCUT2D eigenvalue weighted by Gasteiger charge is -2.14. The summed E-state index contributed by atoms with van der Waals surface area (Å²) in [4.78, 5) is 0. The van der Waals surface area contributed by atoms with Gasteiger partial charge in [-0.15, -0.1) is 6.58 Å². The van der Waals surface area contributed by atoms with Gasteiger partial charge in [0.15, 0.2) is 0 Å². The molecule has 0 aromatic heterocycles. The fourth-order valence-corrected chi connectivity index (χ4v) is 2.24. The highest BCUT2D eigenvalue weighted by Crippen LogP contribution is 2.20. The summed E-state index contributed by atoms with van der Waals surface area (Å²) in [5.41, 5.74) is 0. The molecule has 0 fully saturated rings. The van der Waals surface area contributed by atoms with E-state index in [4.69, 9.17) is 0 Å². The number of hydrogen-bond acceptors (Lipinski definition) is 0. The maximum Gasteiger partial charge on any atom is -0.0328 e. The maximum absolute atomic E-state index is 3.80. The van der Waals surface area contributed by atoms with Gasteiger partial charge in [0.25, 0.3) is 0 Å². The van der Waals surface area contributed by atoms with E-state index in [-0.39, 0.29) is 0 Å².